The van der Waals surface area contributed by atoms with Crippen LogP contribution in [0.1, 0.15) is 27.0 Å². The second-order valence-electron chi connectivity index (χ2n) is 3.78. The van der Waals surface area contributed by atoms with Crippen molar-refractivity contribution in [3.63, 3.8) is 0 Å². The van der Waals surface area contributed by atoms with Crippen LogP contribution in [0.4, 0.5) is 0 Å². The van der Waals surface area contributed by atoms with Crippen LogP contribution in [-0.2, 0) is 11.2 Å². The second kappa shape index (κ2) is 3.54. The Hall–Kier alpha value is -1.15. The first-order chi connectivity index (χ1) is 6.70. The van der Waals surface area contributed by atoms with Crippen molar-refractivity contribution in [3.05, 3.63) is 34.4 Å². The number of Topliss-reactive ketones (excluding diaryl/α,β-unsaturated/α-hetero) is 1. The number of ether oxygens (including phenoxy) is 1. The van der Waals surface area contributed by atoms with Gasteiger partial charge in [-0.1, -0.05) is 12.1 Å². The van der Waals surface area contributed by atoms with Gasteiger partial charge < -0.3 is 4.74 Å². The zero-order valence-corrected chi connectivity index (χ0v) is 8.59. The highest BCUT2D eigenvalue weighted by Gasteiger charge is 2.19. The third-order valence-electron chi connectivity index (χ3n) is 2.76. The molecule has 0 N–H and O–H groups in total. The number of aryl methyl sites for hydroxylation is 2. The fourth-order valence-electron chi connectivity index (χ4n) is 1.99. The van der Waals surface area contributed by atoms with Gasteiger partial charge in [-0.2, -0.15) is 0 Å². The molecular weight excluding hydrogens is 176 g/mol. The van der Waals surface area contributed by atoms with E-state index in [9.17, 15) is 4.79 Å². The number of carbonyl (C=O) groups is 1. The van der Waals surface area contributed by atoms with Crippen LogP contribution < -0.4 is 0 Å². The molecule has 2 rings (SSSR count). The van der Waals surface area contributed by atoms with E-state index >= 15 is 0 Å². The van der Waals surface area contributed by atoms with Gasteiger partial charge >= 0.3 is 0 Å². The monoisotopic (exact) mass is 190 g/mol. The number of carbonyl (C=O) groups excluding carboxylic acids is 1. The van der Waals surface area contributed by atoms with E-state index in [1.807, 2.05) is 13.0 Å². The van der Waals surface area contributed by atoms with E-state index in [2.05, 4.69) is 13.0 Å². The van der Waals surface area contributed by atoms with E-state index < -0.39 is 0 Å². The Morgan fingerprint density at radius 3 is 2.71 bits per heavy atom. The Morgan fingerprint density at radius 1 is 1.21 bits per heavy atom. The van der Waals surface area contributed by atoms with Crippen LogP contribution in [-0.4, -0.2) is 19.0 Å². The molecule has 1 heterocycles. The van der Waals surface area contributed by atoms with Gasteiger partial charge in [-0.3, -0.25) is 4.79 Å². The van der Waals surface area contributed by atoms with Crippen molar-refractivity contribution >= 4 is 5.78 Å². The molecule has 0 radical (unpaired) electrons. The van der Waals surface area contributed by atoms with Crippen LogP contribution in [0.25, 0.3) is 0 Å². The predicted molar refractivity (Wildman–Crippen MR) is 54.8 cm³/mol. The number of hydrogen-bond acceptors (Lipinski definition) is 2. The van der Waals surface area contributed by atoms with Crippen molar-refractivity contribution in [2.75, 3.05) is 13.2 Å². The summed E-state index contributed by atoms with van der Waals surface area (Å²) in [4.78, 5) is 11.8. The van der Waals surface area contributed by atoms with Crippen LogP contribution in [0, 0.1) is 13.8 Å². The molecule has 0 fully saturated rings. The Labute approximate surface area is 83.9 Å². The summed E-state index contributed by atoms with van der Waals surface area (Å²) in [5.74, 6) is 0.124. The lowest BCUT2D eigenvalue weighted by Gasteiger charge is -2.10. The van der Waals surface area contributed by atoms with Gasteiger partial charge in [0.25, 0.3) is 0 Å². The van der Waals surface area contributed by atoms with E-state index in [1.54, 1.807) is 0 Å². The molecule has 2 heteroatoms. The molecule has 1 aromatic rings. The molecule has 0 aliphatic carbocycles. The summed E-state index contributed by atoms with van der Waals surface area (Å²) in [6, 6.07) is 4.09. The first-order valence-electron chi connectivity index (χ1n) is 4.90. The van der Waals surface area contributed by atoms with Crippen LogP contribution in [0.2, 0.25) is 0 Å². The topological polar surface area (TPSA) is 26.3 Å². The summed E-state index contributed by atoms with van der Waals surface area (Å²) in [7, 11) is 0. The molecule has 1 aromatic carbocycles. The van der Waals surface area contributed by atoms with E-state index in [-0.39, 0.29) is 12.4 Å². The maximum atomic E-state index is 11.8. The number of ketones is 1. The highest BCUT2D eigenvalue weighted by atomic mass is 16.5. The molecule has 74 valence electrons. The molecule has 1 aliphatic rings. The zero-order chi connectivity index (χ0) is 10.1. The van der Waals surface area contributed by atoms with Gasteiger partial charge in [0.2, 0.25) is 0 Å². The first kappa shape index (κ1) is 9.41. The number of hydrogen-bond donors (Lipinski definition) is 0. The minimum Gasteiger partial charge on any atom is -0.373 e. The molecule has 0 unspecified atom stereocenters. The molecule has 14 heavy (non-hydrogen) atoms. The fraction of sp³-hybridized carbons (Fsp3) is 0.417. The SMILES string of the molecule is Cc1ccc(C)c2c1CCOCC2=O. The Balaban J connectivity index is 2.62. The van der Waals surface area contributed by atoms with Gasteiger partial charge in [0, 0.05) is 5.56 Å². The molecule has 1 aliphatic heterocycles. The summed E-state index contributed by atoms with van der Waals surface area (Å²) < 4.78 is 5.25. The van der Waals surface area contributed by atoms with Gasteiger partial charge in [0.15, 0.2) is 5.78 Å². The van der Waals surface area contributed by atoms with Crippen molar-refractivity contribution in [1.29, 1.82) is 0 Å². The van der Waals surface area contributed by atoms with E-state index in [0.717, 1.165) is 17.5 Å². The molecule has 0 saturated carbocycles. The molecule has 0 amide bonds. The van der Waals surface area contributed by atoms with Gasteiger partial charge in [-0.15, -0.1) is 0 Å². The lowest BCUT2D eigenvalue weighted by atomic mass is 9.93. The molecule has 0 atom stereocenters. The minimum atomic E-state index is 0.124. The third-order valence-corrected chi connectivity index (χ3v) is 2.76. The van der Waals surface area contributed by atoms with Crippen LogP contribution in [0.15, 0.2) is 12.1 Å². The van der Waals surface area contributed by atoms with Gasteiger partial charge in [-0.25, -0.2) is 0 Å². The van der Waals surface area contributed by atoms with Crippen LogP contribution >= 0.6 is 0 Å². The Kier molecular flexibility index (Phi) is 2.38. The predicted octanol–water partition coefficient (Wildman–Crippen LogP) is 2.06. The summed E-state index contributed by atoms with van der Waals surface area (Å²) in [5.41, 5.74) is 4.33. The maximum Gasteiger partial charge on any atom is 0.189 e. The normalized spacial score (nSPS) is 16.3. The molecule has 0 spiro atoms. The zero-order valence-electron chi connectivity index (χ0n) is 8.59. The molecule has 0 aromatic heterocycles. The van der Waals surface area contributed by atoms with E-state index in [1.165, 1.54) is 11.1 Å². The summed E-state index contributed by atoms with van der Waals surface area (Å²) in [6.07, 6.45) is 0.856. The van der Waals surface area contributed by atoms with Crippen LogP contribution in [0.3, 0.4) is 0 Å². The van der Waals surface area contributed by atoms with Crippen molar-refractivity contribution < 1.29 is 9.53 Å². The molecule has 0 bridgehead atoms. The highest BCUT2D eigenvalue weighted by Crippen LogP contribution is 2.22. The van der Waals surface area contributed by atoms with Crippen molar-refractivity contribution in [3.8, 4) is 0 Å². The number of fused-ring (bicyclic) bond motifs is 1. The highest BCUT2D eigenvalue weighted by molar-refractivity contribution is 6.00. The largest absolute Gasteiger partial charge is 0.373 e. The number of benzene rings is 1. The smallest absolute Gasteiger partial charge is 0.189 e. The van der Waals surface area contributed by atoms with Gasteiger partial charge in [0.05, 0.1) is 6.61 Å². The summed E-state index contributed by atoms with van der Waals surface area (Å²) in [6.45, 7) is 4.93. The lowest BCUT2D eigenvalue weighted by molar-refractivity contribution is 0.0788. The summed E-state index contributed by atoms with van der Waals surface area (Å²) >= 11 is 0. The maximum absolute atomic E-state index is 11.8. The molecule has 0 saturated heterocycles. The van der Waals surface area contributed by atoms with Gasteiger partial charge in [-0.05, 0) is 37.0 Å². The van der Waals surface area contributed by atoms with E-state index in [0.29, 0.717) is 6.61 Å². The van der Waals surface area contributed by atoms with Crippen LogP contribution in [0.5, 0.6) is 0 Å². The quantitative estimate of drug-likeness (QED) is 0.626. The average Bonchev–Trinajstić information content (AvgIpc) is 2.35. The lowest BCUT2D eigenvalue weighted by Crippen LogP contribution is -2.09. The van der Waals surface area contributed by atoms with Gasteiger partial charge in [0.1, 0.15) is 6.61 Å². The fourth-order valence-corrected chi connectivity index (χ4v) is 1.99. The third kappa shape index (κ3) is 1.46. The van der Waals surface area contributed by atoms with Crippen molar-refractivity contribution in [1.82, 2.24) is 0 Å². The summed E-state index contributed by atoms with van der Waals surface area (Å²) in [5, 5.41) is 0. The minimum absolute atomic E-state index is 0.124. The standard InChI is InChI=1S/C12H14O2/c1-8-3-4-9(2)12-10(8)5-6-14-7-11(12)13/h3-4H,5-7H2,1-2H3. The van der Waals surface area contributed by atoms with Crippen molar-refractivity contribution in [2.24, 2.45) is 0 Å². The first-order valence-corrected chi connectivity index (χ1v) is 4.90. The average molecular weight is 190 g/mol. The number of rotatable bonds is 0. The Bertz CT molecular complexity index is 380. The van der Waals surface area contributed by atoms with Crippen molar-refractivity contribution in [2.45, 2.75) is 20.3 Å². The molecular formula is C12H14O2. The van der Waals surface area contributed by atoms with E-state index in [4.69, 9.17) is 4.74 Å². The second-order valence-corrected chi connectivity index (χ2v) is 3.78. The Morgan fingerprint density at radius 2 is 1.93 bits per heavy atom. The molecule has 2 nitrogen and oxygen atoms in total.